The fraction of sp³-hybridized carbons (Fsp3) is 0.333. The third kappa shape index (κ3) is 2.15. The lowest BCUT2D eigenvalue weighted by Crippen LogP contribution is -2.49. The summed E-state index contributed by atoms with van der Waals surface area (Å²) in [5.41, 5.74) is 2.16. The van der Waals surface area contributed by atoms with Gasteiger partial charge in [0.25, 0.3) is 0 Å². The van der Waals surface area contributed by atoms with Crippen molar-refractivity contribution in [3.05, 3.63) is 35.7 Å². The summed E-state index contributed by atoms with van der Waals surface area (Å²) < 4.78 is 0. The van der Waals surface area contributed by atoms with Crippen molar-refractivity contribution in [2.24, 2.45) is 0 Å². The Morgan fingerprint density at radius 2 is 2.35 bits per heavy atom. The van der Waals surface area contributed by atoms with Gasteiger partial charge in [0, 0.05) is 18.3 Å². The average molecular weight is 275 g/mol. The highest BCUT2D eigenvalue weighted by molar-refractivity contribution is 5.85. The number of imidazole rings is 1. The van der Waals surface area contributed by atoms with Crippen LogP contribution in [0.2, 0.25) is 0 Å². The smallest absolute Gasteiger partial charge is 0.326 e. The number of carboxylic acid groups (broad SMARTS) is 1. The number of aromatic amines is 2. The van der Waals surface area contributed by atoms with Gasteiger partial charge in [-0.15, -0.1) is 0 Å². The van der Waals surface area contributed by atoms with Gasteiger partial charge in [0.1, 0.15) is 6.04 Å². The van der Waals surface area contributed by atoms with Crippen LogP contribution in [0.25, 0.3) is 0 Å². The van der Waals surface area contributed by atoms with Crippen LogP contribution in [0.5, 0.6) is 0 Å². The molecular formula is C12H13N5O3. The fourth-order valence-electron chi connectivity index (χ4n) is 2.37. The number of nitrogens with one attached hydrogen (secondary N) is 2. The van der Waals surface area contributed by atoms with Gasteiger partial charge in [-0.25, -0.2) is 9.78 Å². The molecule has 1 amide bonds. The Bertz CT molecular complexity index is 633. The van der Waals surface area contributed by atoms with Crippen LogP contribution in [0.3, 0.4) is 0 Å². The molecule has 3 N–H and O–H groups in total. The molecule has 1 aliphatic rings. The summed E-state index contributed by atoms with van der Waals surface area (Å²) in [5, 5.41) is 15.8. The summed E-state index contributed by atoms with van der Waals surface area (Å²) in [6.07, 6.45) is 3.41. The van der Waals surface area contributed by atoms with E-state index in [-0.39, 0.29) is 25.3 Å². The molecule has 8 heteroatoms. The van der Waals surface area contributed by atoms with E-state index in [0.29, 0.717) is 11.4 Å². The van der Waals surface area contributed by atoms with Gasteiger partial charge in [-0.2, -0.15) is 5.10 Å². The molecule has 1 aliphatic heterocycles. The van der Waals surface area contributed by atoms with E-state index in [1.165, 1.54) is 11.2 Å². The van der Waals surface area contributed by atoms with E-state index in [4.69, 9.17) is 0 Å². The van der Waals surface area contributed by atoms with Crippen LogP contribution >= 0.6 is 0 Å². The zero-order chi connectivity index (χ0) is 14.1. The highest BCUT2D eigenvalue weighted by Crippen LogP contribution is 2.21. The number of aliphatic carboxylic acids is 1. The lowest BCUT2D eigenvalue weighted by Gasteiger charge is -2.32. The zero-order valence-electron chi connectivity index (χ0n) is 10.5. The summed E-state index contributed by atoms with van der Waals surface area (Å²) in [5.74, 6) is -1.27. The molecule has 2 aromatic heterocycles. The minimum absolute atomic E-state index is 0.104. The highest BCUT2D eigenvalue weighted by atomic mass is 16.4. The third-order valence-corrected chi connectivity index (χ3v) is 3.40. The van der Waals surface area contributed by atoms with E-state index in [2.05, 4.69) is 20.2 Å². The van der Waals surface area contributed by atoms with Crippen molar-refractivity contribution in [1.29, 1.82) is 0 Å². The number of fused-ring (bicyclic) bond motifs is 1. The monoisotopic (exact) mass is 275 g/mol. The lowest BCUT2D eigenvalue weighted by molar-refractivity contribution is -0.151. The van der Waals surface area contributed by atoms with Gasteiger partial charge in [-0.1, -0.05) is 0 Å². The molecule has 1 atom stereocenters. The predicted octanol–water partition coefficient (Wildman–Crippen LogP) is -0.287. The molecular weight excluding hydrogens is 262 g/mol. The second kappa shape index (κ2) is 4.80. The highest BCUT2D eigenvalue weighted by Gasteiger charge is 2.35. The van der Waals surface area contributed by atoms with Gasteiger partial charge in [0.2, 0.25) is 5.91 Å². The van der Waals surface area contributed by atoms with Crippen LogP contribution < -0.4 is 0 Å². The topological polar surface area (TPSA) is 115 Å². The molecule has 3 rings (SSSR count). The number of hydrogen-bond donors (Lipinski definition) is 3. The summed E-state index contributed by atoms with van der Waals surface area (Å²) >= 11 is 0. The Hall–Kier alpha value is -2.64. The second-order valence-corrected chi connectivity index (χ2v) is 4.67. The molecule has 0 radical (unpaired) electrons. The van der Waals surface area contributed by atoms with Gasteiger partial charge in [0.05, 0.1) is 30.7 Å². The maximum absolute atomic E-state index is 12.3. The SMILES string of the molecule is O=C(O)C1Cc2nc[nH]c2CN1C(=O)Cc1ccn[nH]1. The Morgan fingerprint density at radius 3 is 3.05 bits per heavy atom. The Labute approximate surface area is 113 Å². The van der Waals surface area contributed by atoms with Crippen LogP contribution in [-0.4, -0.2) is 48.1 Å². The number of amides is 1. The second-order valence-electron chi connectivity index (χ2n) is 4.67. The first kappa shape index (κ1) is 12.4. The number of hydrogen-bond acceptors (Lipinski definition) is 4. The van der Waals surface area contributed by atoms with Crippen molar-refractivity contribution in [1.82, 2.24) is 25.1 Å². The van der Waals surface area contributed by atoms with Crippen LogP contribution in [-0.2, 0) is 29.0 Å². The number of H-pyrrole nitrogens is 2. The van der Waals surface area contributed by atoms with Crippen LogP contribution in [0.1, 0.15) is 17.1 Å². The number of rotatable bonds is 3. The standard InChI is InChI=1S/C12H13N5O3/c18-11(3-7-1-2-15-16-7)17-5-9-8(13-6-14-9)4-10(17)12(19)20/h1-2,6,10H,3-5H2,(H,13,14)(H,15,16)(H,19,20). The Balaban J connectivity index is 1.82. The molecule has 0 fully saturated rings. The molecule has 2 aromatic rings. The third-order valence-electron chi connectivity index (χ3n) is 3.40. The largest absolute Gasteiger partial charge is 0.480 e. The number of carboxylic acids is 1. The number of carbonyl (C=O) groups is 2. The summed E-state index contributed by atoms with van der Waals surface area (Å²) in [4.78, 5) is 32.0. The van der Waals surface area contributed by atoms with E-state index < -0.39 is 12.0 Å². The molecule has 0 bridgehead atoms. The quantitative estimate of drug-likeness (QED) is 0.712. The first-order valence-electron chi connectivity index (χ1n) is 6.17. The van der Waals surface area contributed by atoms with E-state index >= 15 is 0 Å². The molecule has 0 saturated carbocycles. The van der Waals surface area contributed by atoms with Crippen molar-refractivity contribution in [3.63, 3.8) is 0 Å². The maximum atomic E-state index is 12.3. The zero-order valence-corrected chi connectivity index (χ0v) is 10.5. The van der Waals surface area contributed by atoms with Gasteiger partial charge < -0.3 is 15.0 Å². The van der Waals surface area contributed by atoms with Crippen molar-refractivity contribution >= 4 is 11.9 Å². The minimum Gasteiger partial charge on any atom is -0.480 e. The molecule has 20 heavy (non-hydrogen) atoms. The molecule has 8 nitrogen and oxygen atoms in total. The number of aromatic nitrogens is 4. The number of carbonyl (C=O) groups excluding carboxylic acids is 1. The van der Waals surface area contributed by atoms with Crippen molar-refractivity contribution in [2.75, 3.05) is 0 Å². The van der Waals surface area contributed by atoms with E-state index in [0.717, 1.165) is 5.69 Å². The minimum atomic E-state index is -1.02. The lowest BCUT2D eigenvalue weighted by atomic mass is 10.0. The predicted molar refractivity (Wildman–Crippen MR) is 66.6 cm³/mol. The van der Waals surface area contributed by atoms with Gasteiger partial charge in [0.15, 0.2) is 0 Å². The molecule has 104 valence electrons. The first-order chi connectivity index (χ1) is 9.65. The van der Waals surface area contributed by atoms with Gasteiger partial charge in [-0.3, -0.25) is 9.89 Å². The first-order valence-corrected chi connectivity index (χ1v) is 6.17. The maximum Gasteiger partial charge on any atom is 0.326 e. The van der Waals surface area contributed by atoms with Crippen LogP contribution in [0, 0.1) is 0 Å². The molecule has 1 unspecified atom stereocenters. The Kier molecular flexibility index (Phi) is 2.97. The van der Waals surface area contributed by atoms with E-state index in [9.17, 15) is 14.7 Å². The van der Waals surface area contributed by atoms with Gasteiger partial charge >= 0.3 is 5.97 Å². The van der Waals surface area contributed by atoms with Crippen molar-refractivity contribution in [3.8, 4) is 0 Å². The van der Waals surface area contributed by atoms with E-state index in [1.807, 2.05) is 0 Å². The summed E-state index contributed by atoms with van der Waals surface area (Å²) in [6, 6.07) is 0.820. The molecule has 0 saturated heterocycles. The van der Waals surface area contributed by atoms with Crippen molar-refractivity contribution in [2.45, 2.75) is 25.4 Å². The molecule has 3 heterocycles. The fourth-order valence-corrected chi connectivity index (χ4v) is 2.37. The Morgan fingerprint density at radius 1 is 1.50 bits per heavy atom. The van der Waals surface area contributed by atoms with Crippen LogP contribution in [0.15, 0.2) is 18.6 Å². The molecule has 0 aromatic carbocycles. The van der Waals surface area contributed by atoms with Crippen molar-refractivity contribution < 1.29 is 14.7 Å². The summed E-state index contributed by atoms with van der Waals surface area (Å²) in [7, 11) is 0. The number of nitrogens with zero attached hydrogens (tertiary/aromatic N) is 3. The normalized spacial score (nSPS) is 17.8. The summed E-state index contributed by atoms with van der Waals surface area (Å²) in [6.45, 7) is 0.235. The molecule has 0 aliphatic carbocycles. The van der Waals surface area contributed by atoms with Gasteiger partial charge in [-0.05, 0) is 6.07 Å². The van der Waals surface area contributed by atoms with E-state index in [1.54, 1.807) is 12.3 Å². The van der Waals surface area contributed by atoms with Crippen LogP contribution in [0.4, 0.5) is 0 Å². The average Bonchev–Trinajstić information content (AvgIpc) is 3.06. The molecule has 0 spiro atoms.